The van der Waals surface area contributed by atoms with Crippen LogP contribution in [0.1, 0.15) is 33.6 Å². The van der Waals surface area contributed by atoms with Crippen LogP contribution in [0, 0.1) is 0 Å². The van der Waals surface area contributed by atoms with Gasteiger partial charge < -0.3 is 5.32 Å². The van der Waals surface area contributed by atoms with E-state index >= 15 is 0 Å². The van der Waals surface area contributed by atoms with Crippen molar-refractivity contribution in [3.05, 3.63) is 23.5 Å². The molecule has 0 aromatic rings. The second-order valence-electron chi connectivity index (χ2n) is 5.33. The van der Waals surface area contributed by atoms with Gasteiger partial charge in [-0.25, -0.2) is 0 Å². The van der Waals surface area contributed by atoms with Crippen molar-refractivity contribution in [1.29, 1.82) is 0 Å². The minimum atomic E-state index is 0.294. The van der Waals surface area contributed by atoms with Crippen molar-refractivity contribution in [1.82, 2.24) is 10.2 Å². The fourth-order valence-corrected chi connectivity index (χ4v) is 2.23. The second kappa shape index (κ2) is 3.13. The van der Waals surface area contributed by atoms with Crippen LogP contribution in [0.2, 0.25) is 0 Å². The molecule has 0 saturated heterocycles. The minimum absolute atomic E-state index is 0.294. The van der Waals surface area contributed by atoms with Crippen LogP contribution < -0.4 is 5.32 Å². The molecule has 0 aliphatic carbocycles. The number of allylic oxidation sites excluding steroid dienone is 1. The maximum absolute atomic E-state index is 3.99. The Morgan fingerprint density at radius 3 is 2.71 bits per heavy atom. The lowest BCUT2D eigenvalue weighted by Gasteiger charge is -2.38. The van der Waals surface area contributed by atoms with Gasteiger partial charge in [0.15, 0.2) is 0 Å². The molecule has 0 aromatic carbocycles. The van der Waals surface area contributed by atoms with Crippen LogP contribution in [0.25, 0.3) is 0 Å². The zero-order valence-corrected chi connectivity index (χ0v) is 9.48. The van der Waals surface area contributed by atoms with E-state index in [1.807, 2.05) is 0 Å². The molecule has 0 unspecified atom stereocenters. The van der Waals surface area contributed by atoms with Gasteiger partial charge >= 0.3 is 0 Å². The van der Waals surface area contributed by atoms with E-state index in [-0.39, 0.29) is 0 Å². The van der Waals surface area contributed by atoms with Crippen LogP contribution in [-0.2, 0) is 0 Å². The SMILES string of the molecule is C=C1CC2=C(CCN(C(C)(C)C)C2)N1. The molecule has 78 valence electrons. The van der Waals surface area contributed by atoms with Gasteiger partial charge in [-0.15, -0.1) is 0 Å². The Morgan fingerprint density at radius 1 is 1.36 bits per heavy atom. The maximum atomic E-state index is 3.99. The molecule has 2 rings (SSSR count). The van der Waals surface area contributed by atoms with E-state index in [0.717, 1.165) is 19.4 Å². The molecule has 14 heavy (non-hydrogen) atoms. The molecule has 0 saturated carbocycles. The Kier molecular flexibility index (Phi) is 2.18. The summed E-state index contributed by atoms with van der Waals surface area (Å²) in [6, 6.07) is 0. The van der Waals surface area contributed by atoms with Gasteiger partial charge in [-0.2, -0.15) is 0 Å². The van der Waals surface area contributed by atoms with E-state index in [4.69, 9.17) is 0 Å². The zero-order chi connectivity index (χ0) is 10.3. The lowest BCUT2D eigenvalue weighted by atomic mass is 9.99. The first-order valence-corrected chi connectivity index (χ1v) is 5.37. The molecule has 0 radical (unpaired) electrons. The molecule has 2 aliphatic heterocycles. The van der Waals surface area contributed by atoms with Crippen LogP contribution in [0.5, 0.6) is 0 Å². The third-order valence-corrected chi connectivity index (χ3v) is 3.14. The second-order valence-corrected chi connectivity index (χ2v) is 5.33. The van der Waals surface area contributed by atoms with Crippen molar-refractivity contribution in [2.75, 3.05) is 13.1 Å². The van der Waals surface area contributed by atoms with E-state index in [9.17, 15) is 0 Å². The van der Waals surface area contributed by atoms with Crippen molar-refractivity contribution in [2.24, 2.45) is 0 Å². The standard InChI is InChI=1S/C12H20N2/c1-9-7-10-8-14(12(2,3)4)6-5-11(10)13-9/h13H,1,5-8H2,2-4H3. The first-order chi connectivity index (χ1) is 6.47. The average Bonchev–Trinajstić information content (AvgIpc) is 2.41. The van der Waals surface area contributed by atoms with E-state index in [0.29, 0.717) is 5.54 Å². The van der Waals surface area contributed by atoms with Crippen LogP contribution in [-0.4, -0.2) is 23.5 Å². The van der Waals surface area contributed by atoms with Crippen molar-refractivity contribution in [3.63, 3.8) is 0 Å². The summed E-state index contributed by atoms with van der Waals surface area (Å²) in [7, 11) is 0. The van der Waals surface area contributed by atoms with Gasteiger partial charge in [0.25, 0.3) is 0 Å². The molecule has 0 spiro atoms. The normalized spacial score (nSPS) is 23.8. The Bertz CT molecular complexity index is 294. The largest absolute Gasteiger partial charge is 0.362 e. The highest BCUT2D eigenvalue weighted by Crippen LogP contribution is 2.30. The summed E-state index contributed by atoms with van der Waals surface area (Å²) in [5.74, 6) is 0. The summed E-state index contributed by atoms with van der Waals surface area (Å²) in [4.78, 5) is 2.55. The first-order valence-electron chi connectivity index (χ1n) is 5.37. The molecule has 2 aliphatic rings. The van der Waals surface area contributed by atoms with E-state index in [1.54, 1.807) is 5.57 Å². The fraction of sp³-hybridized carbons (Fsp3) is 0.667. The molecule has 2 heterocycles. The molecule has 2 nitrogen and oxygen atoms in total. The topological polar surface area (TPSA) is 15.3 Å². The molecule has 0 aromatic heterocycles. The molecule has 2 heteroatoms. The van der Waals surface area contributed by atoms with Crippen LogP contribution in [0.3, 0.4) is 0 Å². The number of rotatable bonds is 0. The van der Waals surface area contributed by atoms with Crippen molar-refractivity contribution in [2.45, 2.75) is 39.2 Å². The van der Waals surface area contributed by atoms with Crippen molar-refractivity contribution in [3.8, 4) is 0 Å². The summed E-state index contributed by atoms with van der Waals surface area (Å²) in [5.41, 5.74) is 4.46. The van der Waals surface area contributed by atoms with Gasteiger partial charge in [0.2, 0.25) is 0 Å². The lowest BCUT2D eigenvalue weighted by molar-refractivity contribution is 0.143. The van der Waals surface area contributed by atoms with E-state index in [2.05, 4.69) is 37.6 Å². The molecule has 0 atom stereocenters. The molecular formula is C12H20N2. The number of hydrogen-bond donors (Lipinski definition) is 1. The first kappa shape index (κ1) is 9.78. The number of nitrogens with one attached hydrogen (secondary N) is 1. The van der Waals surface area contributed by atoms with Gasteiger partial charge in [-0.1, -0.05) is 6.58 Å². The Morgan fingerprint density at radius 2 is 2.07 bits per heavy atom. The maximum Gasteiger partial charge on any atom is 0.0222 e. The smallest absolute Gasteiger partial charge is 0.0222 e. The van der Waals surface area contributed by atoms with Gasteiger partial charge in [0, 0.05) is 42.9 Å². The molecule has 0 bridgehead atoms. The van der Waals surface area contributed by atoms with Gasteiger partial charge in [0.05, 0.1) is 0 Å². The van der Waals surface area contributed by atoms with Crippen LogP contribution in [0.4, 0.5) is 0 Å². The van der Waals surface area contributed by atoms with Crippen LogP contribution >= 0.6 is 0 Å². The monoisotopic (exact) mass is 192 g/mol. The van der Waals surface area contributed by atoms with Gasteiger partial charge in [-0.3, -0.25) is 4.90 Å². The van der Waals surface area contributed by atoms with Crippen molar-refractivity contribution < 1.29 is 0 Å². The minimum Gasteiger partial charge on any atom is -0.362 e. The van der Waals surface area contributed by atoms with E-state index < -0.39 is 0 Å². The predicted molar refractivity (Wildman–Crippen MR) is 59.9 cm³/mol. The predicted octanol–water partition coefficient (Wildman–Crippen LogP) is 2.25. The quantitative estimate of drug-likeness (QED) is 0.633. The van der Waals surface area contributed by atoms with Gasteiger partial charge in [-0.05, 0) is 26.3 Å². The van der Waals surface area contributed by atoms with Crippen molar-refractivity contribution >= 4 is 0 Å². The third-order valence-electron chi connectivity index (χ3n) is 3.14. The summed E-state index contributed by atoms with van der Waals surface area (Å²) in [5, 5.41) is 3.39. The highest BCUT2D eigenvalue weighted by molar-refractivity contribution is 5.32. The molecule has 1 N–H and O–H groups in total. The molecular weight excluding hydrogens is 172 g/mol. The highest BCUT2D eigenvalue weighted by Gasteiger charge is 2.29. The lowest BCUT2D eigenvalue weighted by Crippen LogP contribution is -2.45. The molecule has 0 amide bonds. The Hall–Kier alpha value is -0.760. The highest BCUT2D eigenvalue weighted by atomic mass is 15.2. The number of hydrogen-bond acceptors (Lipinski definition) is 2. The zero-order valence-electron chi connectivity index (χ0n) is 9.48. The summed E-state index contributed by atoms with van der Waals surface area (Å²) < 4.78 is 0. The average molecular weight is 192 g/mol. The Labute approximate surface area is 86.7 Å². The summed E-state index contributed by atoms with van der Waals surface area (Å²) >= 11 is 0. The van der Waals surface area contributed by atoms with Gasteiger partial charge in [0.1, 0.15) is 0 Å². The van der Waals surface area contributed by atoms with E-state index in [1.165, 1.54) is 17.9 Å². The summed E-state index contributed by atoms with van der Waals surface area (Å²) in [6.45, 7) is 13.1. The summed E-state index contributed by atoms with van der Waals surface area (Å²) in [6.07, 6.45) is 2.22. The Balaban J connectivity index is 2.10. The number of nitrogens with zero attached hydrogens (tertiary/aromatic N) is 1. The molecule has 0 fully saturated rings. The third kappa shape index (κ3) is 1.71. The van der Waals surface area contributed by atoms with Crippen LogP contribution in [0.15, 0.2) is 23.5 Å². The fourth-order valence-electron chi connectivity index (χ4n) is 2.23.